The normalized spacial score (nSPS) is 16.4. The van der Waals surface area contributed by atoms with Crippen LogP contribution >= 0.6 is 0 Å². The molecule has 1 aliphatic rings. The standard InChI is InChI=1S/C26H32N4O3/c1-17(2)23(24-27-20-12-5-6-13-21(20)28-24)29-25(32)26(33)30(15-8-16-31)22-14-7-10-18-9-3-4-11-19(18)22/h3-6,9,11-13,17,22-23,31H,7-8,10,14-16H2,1-2H3,(H,27,28)(H,29,32). The summed E-state index contributed by atoms with van der Waals surface area (Å²) in [5.41, 5.74) is 4.03. The van der Waals surface area contributed by atoms with Gasteiger partial charge in [0.05, 0.1) is 23.1 Å². The smallest absolute Gasteiger partial charge is 0.312 e. The molecule has 3 aromatic rings. The van der Waals surface area contributed by atoms with E-state index >= 15 is 0 Å². The third-order valence-electron chi connectivity index (χ3n) is 6.38. The summed E-state index contributed by atoms with van der Waals surface area (Å²) in [4.78, 5) is 36.2. The Morgan fingerprint density at radius 2 is 1.94 bits per heavy atom. The number of amides is 2. The lowest BCUT2D eigenvalue weighted by atomic mass is 9.86. The summed E-state index contributed by atoms with van der Waals surface area (Å²) in [7, 11) is 0. The first-order valence-corrected chi connectivity index (χ1v) is 11.7. The number of nitrogens with zero attached hydrogens (tertiary/aromatic N) is 2. The molecule has 2 amide bonds. The number of rotatable bonds is 7. The number of aromatic nitrogens is 2. The van der Waals surface area contributed by atoms with Crippen LogP contribution < -0.4 is 5.32 Å². The zero-order chi connectivity index (χ0) is 23.4. The molecule has 7 heteroatoms. The topological polar surface area (TPSA) is 98.3 Å². The van der Waals surface area contributed by atoms with Crippen molar-refractivity contribution in [3.63, 3.8) is 0 Å². The van der Waals surface area contributed by atoms with Gasteiger partial charge in [-0.25, -0.2) is 4.98 Å². The summed E-state index contributed by atoms with van der Waals surface area (Å²) in [6, 6.07) is 15.2. The van der Waals surface area contributed by atoms with Crippen molar-refractivity contribution < 1.29 is 14.7 Å². The summed E-state index contributed by atoms with van der Waals surface area (Å²) < 4.78 is 0. The second-order valence-electron chi connectivity index (χ2n) is 9.02. The summed E-state index contributed by atoms with van der Waals surface area (Å²) in [5, 5.41) is 12.3. The number of H-pyrrole nitrogens is 1. The molecule has 2 atom stereocenters. The lowest BCUT2D eigenvalue weighted by molar-refractivity contribution is -0.148. The van der Waals surface area contributed by atoms with E-state index in [1.165, 1.54) is 5.56 Å². The van der Waals surface area contributed by atoms with E-state index in [9.17, 15) is 14.7 Å². The number of aliphatic hydroxyl groups excluding tert-OH is 1. The fourth-order valence-corrected chi connectivity index (χ4v) is 4.70. The summed E-state index contributed by atoms with van der Waals surface area (Å²) in [6.07, 6.45) is 3.16. The molecule has 33 heavy (non-hydrogen) atoms. The van der Waals surface area contributed by atoms with Crippen LogP contribution in [0.1, 0.15) is 62.1 Å². The Morgan fingerprint density at radius 1 is 1.18 bits per heavy atom. The molecular weight excluding hydrogens is 416 g/mol. The molecule has 174 valence electrons. The van der Waals surface area contributed by atoms with Crippen molar-refractivity contribution in [3.05, 3.63) is 65.5 Å². The number of fused-ring (bicyclic) bond motifs is 2. The van der Waals surface area contributed by atoms with Crippen molar-refractivity contribution >= 4 is 22.8 Å². The van der Waals surface area contributed by atoms with Crippen molar-refractivity contribution in [2.24, 2.45) is 5.92 Å². The van der Waals surface area contributed by atoms with Gasteiger partial charge in [-0.05, 0) is 54.9 Å². The van der Waals surface area contributed by atoms with Crippen LogP contribution in [0.3, 0.4) is 0 Å². The summed E-state index contributed by atoms with van der Waals surface area (Å²) in [6.45, 7) is 4.28. The van der Waals surface area contributed by atoms with E-state index in [1.807, 2.05) is 56.3 Å². The number of imidazole rings is 1. The Labute approximate surface area is 194 Å². The number of aromatic amines is 1. The lowest BCUT2D eigenvalue weighted by Crippen LogP contribution is -2.47. The number of hydrogen-bond donors (Lipinski definition) is 3. The van der Waals surface area contributed by atoms with Crippen molar-refractivity contribution in [2.45, 2.75) is 51.6 Å². The molecule has 1 aromatic heterocycles. The first-order valence-electron chi connectivity index (χ1n) is 11.7. The molecule has 0 bridgehead atoms. The first kappa shape index (κ1) is 23.0. The average molecular weight is 449 g/mol. The predicted molar refractivity (Wildman–Crippen MR) is 127 cm³/mol. The molecule has 0 spiro atoms. The quantitative estimate of drug-likeness (QED) is 0.481. The Balaban J connectivity index is 1.57. The maximum Gasteiger partial charge on any atom is 0.312 e. The number of para-hydroxylation sites is 2. The minimum absolute atomic E-state index is 0.0311. The second kappa shape index (κ2) is 10.2. The fraction of sp³-hybridized carbons (Fsp3) is 0.423. The van der Waals surface area contributed by atoms with Gasteiger partial charge in [-0.15, -0.1) is 0 Å². The van der Waals surface area contributed by atoms with Crippen LogP contribution in [0.25, 0.3) is 11.0 Å². The monoisotopic (exact) mass is 448 g/mol. The minimum Gasteiger partial charge on any atom is -0.396 e. The maximum absolute atomic E-state index is 13.4. The van der Waals surface area contributed by atoms with E-state index in [-0.39, 0.29) is 18.6 Å². The van der Waals surface area contributed by atoms with Gasteiger partial charge in [-0.1, -0.05) is 50.2 Å². The molecule has 7 nitrogen and oxygen atoms in total. The Hall–Kier alpha value is -3.19. The lowest BCUT2D eigenvalue weighted by Gasteiger charge is -2.36. The molecule has 0 fully saturated rings. The van der Waals surface area contributed by atoms with Crippen LogP contribution in [0.15, 0.2) is 48.5 Å². The van der Waals surface area contributed by atoms with E-state index in [4.69, 9.17) is 0 Å². The zero-order valence-electron chi connectivity index (χ0n) is 19.3. The van der Waals surface area contributed by atoms with E-state index < -0.39 is 17.9 Å². The second-order valence-corrected chi connectivity index (χ2v) is 9.02. The van der Waals surface area contributed by atoms with Crippen molar-refractivity contribution in [3.8, 4) is 0 Å². The Morgan fingerprint density at radius 3 is 2.70 bits per heavy atom. The Bertz CT molecular complexity index is 1090. The van der Waals surface area contributed by atoms with E-state index in [2.05, 4.69) is 21.4 Å². The number of benzene rings is 2. The van der Waals surface area contributed by atoms with Crippen LogP contribution in [0.2, 0.25) is 0 Å². The van der Waals surface area contributed by atoms with Crippen LogP contribution in [0, 0.1) is 5.92 Å². The molecule has 0 aliphatic heterocycles. The molecule has 3 N–H and O–H groups in total. The molecule has 0 saturated carbocycles. The van der Waals surface area contributed by atoms with E-state index in [0.717, 1.165) is 35.9 Å². The molecule has 2 aromatic carbocycles. The maximum atomic E-state index is 13.4. The van der Waals surface area contributed by atoms with Gasteiger partial charge in [0.25, 0.3) is 0 Å². The number of carbonyl (C=O) groups is 2. The van der Waals surface area contributed by atoms with Crippen LogP contribution in [0.4, 0.5) is 0 Å². The SMILES string of the molecule is CC(C)C(NC(=O)C(=O)N(CCCO)C1CCCc2ccccc21)c1nc2ccccc2[nH]1. The van der Waals surface area contributed by atoms with Crippen molar-refractivity contribution in [1.82, 2.24) is 20.2 Å². The van der Waals surface area contributed by atoms with Gasteiger partial charge in [0.2, 0.25) is 0 Å². The van der Waals surface area contributed by atoms with Crippen LogP contribution in [-0.2, 0) is 16.0 Å². The van der Waals surface area contributed by atoms with Gasteiger partial charge in [0.15, 0.2) is 0 Å². The number of carbonyl (C=O) groups excluding carboxylic acids is 2. The molecular formula is C26H32N4O3. The average Bonchev–Trinajstić information content (AvgIpc) is 3.26. The van der Waals surface area contributed by atoms with Crippen LogP contribution in [0.5, 0.6) is 0 Å². The van der Waals surface area contributed by atoms with Gasteiger partial charge in [-0.3, -0.25) is 9.59 Å². The van der Waals surface area contributed by atoms with Gasteiger partial charge in [0.1, 0.15) is 5.82 Å². The molecule has 1 heterocycles. The zero-order valence-corrected chi connectivity index (χ0v) is 19.3. The number of aryl methyl sites for hydroxylation is 1. The van der Waals surface area contributed by atoms with Gasteiger partial charge < -0.3 is 20.3 Å². The number of aliphatic hydroxyl groups is 1. The predicted octanol–water partition coefficient (Wildman–Crippen LogP) is 3.66. The minimum atomic E-state index is -0.643. The van der Waals surface area contributed by atoms with Gasteiger partial charge >= 0.3 is 11.8 Å². The van der Waals surface area contributed by atoms with E-state index in [1.54, 1.807) is 4.90 Å². The fourth-order valence-electron chi connectivity index (χ4n) is 4.70. The van der Waals surface area contributed by atoms with Gasteiger partial charge in [0, 0.05) is 13.2 Å². The highest BCUT2D eigenvalue weighted by Crippen LogP contribution is 2.34. The molecule has 4 rings (SSSR count). The molecule has 0 radical (unpaired) electrons. The first-order chi connectivity index (χ1) is 16.0. The van der Waals surface area contributed by atoms with Crippen molar-refractivity contribution in [1.29, 1.82) is 0 Å². The largest absolute Gasteiger partial charge is 0.396 e. The summed E-state index contributed by atoms with van der Waals surface area (Å²) in [5.74, 6) is -0.539. The highest BCUT2D eigenvalue weighted by atomic mass is 16.3. The highest BCUT2D eigenvalue weighted by Gasteiger charge is 2.34. The molecule has 1 aliphatic carbocycles. The molecule has 0 saturated heterocycles. The third kappa shape index (κ3) is 4.93. The van der Waals surface area contributed by atoms with Gasteiger partial charge in [-0.2, -0.15) is 0 Å². The van der Waals surface area contributed by atoms with Crippen LogP contribution in [-0.4, -0.2) is 44.9 Å². The highest BCUT2D eigenvalue weighted by molar-refractivity contribution is 6.35. The Kier molecular flexibility index (Phi) is 7.08. The number of hydrogen-bond acceptors (Lipinski definition) is 4. The van der Waals surface area contributed by atoms with Crippen molar-refractivity contribution in [2.75, 3.05) is 13.2 Å². The number of nitrogens with one attached hydrogen (secondary N) is 2. The summed E-state index contributed by atoms with van der Waals surface area (Å²) >= 11 is 0. The van der Waals surface area contributed by atoms with E-state index in [0.29, 0.717) is 18.8 Å². The third-order valence-corrected chi connectivity index (χ3v) is 6.38. The molecule has 2 unspecified atom stereocenters.